The van der Waals surface area contributed by atoms with Crippen LogP contribution in [0.2, 0.25) is 0 Å². The largest absolute Gasteiger partial charge is 0.386 e. The number of halogens is 1. The third-order valence-corrected chi connectivity index (χ3v) is 3.54. The van der Waals surface area contributed by atoms with Gasteiger partial charge in [-0.2, -0.15) is 0 Å². The van der Waals surface area contributed by atoms with Gasteiger partial charge in [-0.1, -0.05) is 59.3 Å². The molecule has 21 heavy (non-hydrogen) atoms. The lowest BCUT2D eigenvalue weighted by atomic mass is 10.0. The summed E-state index contributed by atoms with van der Waals surface area (Å²) in [5.41, 5.74) is 3.84. The molecule has 0 radical (unpaired) electrons. The third kappa shape index (κ3) is 2.68. The van der Waals surface area contributed by atoms with E-state index in [0.29, 0.717) is 0 Å². The van der Waals surface area contributed by atoms with Crippen molar-refractivity contribution < 1.29 is 5.11 Å². The molecule has 1 aromatic heterocycles. The molecule has 0 amide bonds. The van der Waals surface area contributed by atoms with Gasteiger partial charge in [-0.15, -0.1) is 5.10 Å². The van der Waals surface area contributed by atoms with Crippen molar-refractivity contribution in [1.29, 1.82) is 0 Å². The molecule has 0 aliphatic heterocycles. The van der Waals surface area contributed by atoms with Crippen LogP contribution in [0, 0.1) is 0 Å². The fourth-order valence-corrected chi connectivity index (χ4v) is 2.50. The van der Waals surface area contributed by atoms with Gasteiger partial charge in [0.15, 0.2) is 0 Å². The van der Waals surface area contributed by atoms with Gasteiger partial charge in [0.25, 0.3) is 0 Å². The Morgan fingerprint density at radius 2 is 1.76 bits per heavy atom. The first kappa shape index (κ1) is 13.8. The molecule has 0 spiro atoms. The molecule has 0 aliphatic carbocycles. The predicted octanol–water partition coefficient (Wildman–Crippen LogP) is 3.46. The van der Waals surface area contributed by atoms with Crippen molar-refractivity contribution in [3.05, 3.63) is 71.8 Å². The topological polar surface area (TPSA) is 50.9 Å². The number of rotatable bonds is 4. The summed E-state index contributed by atoms with van der Waals surface area (Å²) in [6.45, 7) is 0. The lowest BCUT2D eigenvalue weighted by molar-refractivity contribution is 0.130. The fourth-order valence-electron chi connectivity index (χ4n) is 2.35. The molecule has 0 bridgehead atoms. The SMILES string of the molecule is OC(c1ccccc1)C(/C=C/Cl)n1nnc2ccccc21. The number of benzene rings is 2. The maximum absolute atomic E-state index is 10.6. The molecule has 106 valence electrons. The number of aliphatic hydroxyl groups excluding tert-OH is 1. The van der Waals surface area contributed by atoms with E-state index < -0.39 is 12.1 Å². The van der Waals surface area contributed by atoms with Gasteiger partial charge in [-0.25, -0.2) is 4.68 Å². The van der Waals surface area contributed by atoms with E-state index in [1.54, 1.807) is 10.8 Å². The number of hydrogen-bond acceptors (Lipinski definition) is 3. The van der Waals surface area contributed by atoms with E-state index >= 15 is 0 Å². The van der Waals surface area contributed by atoms with Crippen LogP contribution in [0.3, 0.4) is 0 Å². The molecule has 3 aromatic rings. The Bertz CT molecular complexity index is 754. The van der Waals surface area contributed by atoms with Gasteiger partial charge in [0, 0.05) is 5.54 Å². The van der Waals surface area contributed by atoms with Crippen molar-refractivity contribution in [1.82, 2.24) is 15.0 Å². The van der Waals surface area contributed by atoms with Gasteiger partial charge in [0.05, 0.1) is 5.52 Å². The predicted molar refractivity (Wildman–Crippen MR) is 83.0 cm³/mol. The second-order valence-electron chi connectivity index (χ2n) is 4.69. The van der Waals surface area contributed by atoms with Crippen LogP contribution in [0.4, 0.5) is 0 Å². The average molecular weight is 300 g/mol. The quantitative estimate of drug-likeness (QED) is 0.802. The normalized spacial score (nSPS) is 14.6. The Kier molecular flexibility index (Phi) is 3.99. The van der Waals surface area contributed by atoms with Crippen LogP contribution < -0.4 is 0 Å². The van der Waals surface area contributed by atoms with Crippen molar-refractivity contribution >= 4 is 22.6 Å². The molecular formula is C16H14ClN3O. The average Bonchev–Trinajstić information content (AvgIpc) is 2.97. The molecule has 4 nitrogen and oxygen atoms in total. The Labute approximate surface area is 127 Å². The Morgan fingerprint density at radius 1 is 1.05 bits per heavy atom. The smallest absolute Gasteiger partial charge is 0.113 e. The molecule has 0 aliphatic rings. The highest BCUT2D eigenvalue weighted by Crippen LogP contribution is 2.29. The van der Waals surface area contributed by atoms with E-state index in [1.807, 2.05) is 54.6 Å². The summed E-state index contributed by atoms with van der Waals surface area (Å²) in [5, 5.41) is 18.9. The fraction of sp³-hybridized carbons (Fsp3) is 0.125. The molecule has 2 aromatic carbocycles. The van der Waals surface area contributed by atoms with Gasteiger partial charge < -0.3 is 5.11 Å². The summed E-state index contributed by atoms with van der Waals surface area (Å²) in [6.07, 6.45) is 0.951. The van der Waals surface area contributed by atoms with Crippen LogP contribution in [-0.4, -0.2) is 20.1 Å². The van der Waals surface area contributed by atoms with E-state index in [0.717, 1.165) is 16.6 Å². The van der Waals surface area contributed by atoms with Gasteiger partial charge in [-0.3, -0.25) is 0 Å². The summed E-state index contributed by atoms with van der Waals surface area (Å²) < 4.78 is 1.69. The summed E-state index contributed by atoms with van der Waals surface area (Å²) >= 11 is 5.74. The first-order valence-corrected chi connectivity index (χ1v) is 7.04. The highest BCUT2D eigenvalue weighted by molar-refractivity contribution is 6.25. The second kappa shape index (κ2) is 6.08. The molecule has 3 rings (SSSR count). The number of fused-ring (bicyclic) bond motifs is 1. The lowest BCUT2D eigenvalue weighted by Crippen LogP contribution is -2.17. The van der Waals surface area contributed by atoms with Gasteiger partial charge in [-0.05, 0) is 23.8 Å². The van der Waals surface area contributed by atoms with E-state index in [2.05, 4.69) is 10.3 Å². The van der Waals surface area contributed by atoms with Crippen molar-refractivity contribution in [2.45, 2.75) is 12.1 Å². The first-order valence-electron chi connectivity index (χ1n) is 6.61. The van der Waals surface area contributed by atoms with Crippen molar-refractivity contribution in [2.75, 3.05) is 0 Å². The molecule has 1 N–H and O–H groups in total. The van der Waals surface area contributed by atoms with Gasteiger partial charge >= 0.3 is 0 Å². The van der Waals surface area contributed by atoms with Crippen molar-refractivity contribution in [3.63, 3.8) is 0 Å². The van der Waals surface area contributed by atoms with E-state index in [1.165, 1.54) is 5.54 Å². The molecule has 2 unspecified atom stereocenters. The van der Waals surface area contributed by atoms with Crippen LogP contribution in [0.15, 0.2) is 66.2 Å². The molecule has 0 fully saturated rings. The number of para-hydroxylation sites is 1. The zero-order valence-electron chi connectivity index (χ0n) is 11.2. The first-order chi connectivity index (χ1) is 10.3. The minimum atomic E-state index is -0.758. The van der Waals surface area contributed by atoms with E-state index in [-0.39, 0.29) is 0 Å². The van der Waals surface area contributed by atoms with Crippen LogP contribution >= 0.6 is 11.6 Å². The number of hydrogen-bond donors (Lipinski definition) is 1. The molecular weight excluding hydrogens is 286 g/mol. The molecule has 2 atom stereocenters. The van der Waals surface area contributed by atoms with Gasteiger partial charge in [0.1, 0.15) is 17.7 Å². The lowest BCUT2D eigenvalue weighted by Gasteiger charge is -2.20. The standard InChI is InChI=1S/C16H14ClN3O/c17-11-10-15(16(21)12-6-2-1-3-7-12)20-14-9-5-4-8-13(14)18-19-20/h1-11,15-16,21H/b11-10+. The summed E-state index contributed by atoms with van der Waals surface area (Å²) in [4.78, 5) is 0. The minimum absolute atomic E-state index is 0.419. The second-order valence-corrected chi connectivity index (χ2v) is 4.94. The highest BCUT2D eigenvalue weighted by Gasteiger charge is 2.22. The van der Waals surface area contributed by atoms with Crippen molar-refractivity contribution in [2.24, 2.45) is 0 Å². The maximum Gasteiger partial charge on any atom is 0.113 e. The molecule has 0 saturated heterocycles. The zero-order chi connectivity index (χ0) is 14.7. The minimum Gasteiger partial charge on any atom is -0.386 e. The Hall–Kier alpha value is -2.17. The van der Waals surface area contributed by atoms with Gasteiger partial charge in [0.2, 0.25) is 0 Å². The highest BCUT2D eigenvalue weighted by atomic mass is 35.5. The molecule has 5 heteroatoms. The summed E-state index contributed by atoms with van der Waals surface area (Å²) in [6, 6.07) is 16.6. The molecule has 0 saturated carbocycles. The van der Waals surface area contributed by atoms with Crippen molar-refractivity contribution in [3.8, 4) is 0 Å². The van der Waals surface area contributed by atoms with Crippen LogP contribution in [-0.2, 0) is 0 Å². The summed E-state index contributed by atoms with van der Waals surface area (Å²) in [5.74, 6) is 0. The molecule has 1 heterocycles. The number of nitrogens with zero attached hydrogens (tertiary/aromatic N) is 3. The van der Waals surface area contributed by atoms with E-state index in [9.17, 15) is 5.11 Å². The monoisotopic (exact) mass is 299 g/mol. The van der Waals surface area contributed by atoms with E-state index in [4.69, 9.17) is 11.6 Å². The Morgan fingerprint density at radius 3 is 2.52 bits per heavy atom. The summed E-state index contributed by atoms with van der Waals surface area (Å²) in [7, 11) is 0. The number of aliphatic hydroxyl groups is 1. The maximum atomic E-state index is 10.6. The van der Waals surface area contributed by atoms with Crippen LogP contribution in [0.1, 0.15) is 17.7 Å². The van der Waals surface area contributed by atoms with Crippen LogP contribution in [0.25, 0.3) is 11.0 Å². The number of aromatic nitrogens is 3. The zero-order valence-corrected chi connectivity index (χ0v) is 11.9. The third-order valence-electron chi connectivity index (χ3n) is 3.39. The Balaban J connectivity index is 2.06. The van der Waals surface area contributed by atoms with Crippen LogP contribution in [0.5, 0.6) is 0 Å².